The average Bonchev–Trinajstić information content (AvgIpc) is 2.56. The van der Waals surface area contributed by atoms with Gasteiger partial charge in [-0.1, -0.05) is 0 Å². The predicted octanol–water partition coefficient (Wildman–Crippen LogP) is 2.18. The lowest BCUT2D eigenvalue weighted by Crippen LogP contribution is -2.05. The van der Waals surface area contributed by atoms with E-state index in [4.69, 9.17) is 4.43 Å². The van der Waals surface area contributed by atoms with Crippen molar-refractivity contribution in [1.82, 2.24) is 9.55 Å². The fraction of sp³-hybridized carbons (Fsp3) is 0.667. The lowest BCUT2D eigenvalue weighted by molar-refractivity contribution is 0.350. The lowest BCUT2D eigenvalue weighted by Gasteiger charge is -1.97. The Morgan fingerprint density at radius 3 is 2.23 bits per heavy atom. The highest BCUT2D eigenvalue weighted by Gasteiger charge is 1.89. The standard InChI is InChI=1S/C5H8N2.C4H11OSi/c1-2-7-4-3-6-5-7;1-4-5-6(2)3/h3-5H,2H2,1H3;4H2,1-3H3. The molecule has 1 rings (SSSR count). The Morgan fingerprint density at radius 2 is 2.08 bits per heavy atom. The highest BCUT2D eigenvalue weighted by atomic mass is 28.3. The van der Waals surface area contributed by atoms with Crippen molar-refractivity contribution in [1.29, 1.82) is 0 Å². The molecule has 13 heavy (non-hydrogen) atoms. The molecule has 0 spiro atoms. The van der Waals surface area contributed by atoms with Crippen molar-refractivity contribution in [2.45, 2.75) is 33.5 Å². The van der Waals surface area contributed by atoms with Crippen molar-refractivity contribution in [3.05, 3.63) is 18.7 Å². The number of aromatic nitrogens is 2. The molecule has 0 saturated carbocycles. The molecule has 0 amide bonds. The predicted molar refractivity (Wildman–Crippen MR) is 57.0 cm³/mol. The maximum atomic E-state index is 5.14. The van der Waals surface area contributed by atoms with Crippen LogP contribution >= 0.6 is 0 Å². The molecule has 0 bridgehead atoms. The summed E-state index contributed by atoms with van der Waals surface area (Å²) in [6.07, 6.45) is 5.53. The highest BCUT2D eigenvalue weighted by Crippen LogP contribution is 1.81. The second kappa shape index (κ2) is 8.01. The van der Waals surface area contributed by atoms with Crippen molar-refractivity contribution in [3.8, 4) is 0 Å². The van der Waals surface area contributed by atoms with Gasteiger partial charge in [0.2, 0.25) is 9.04 Å². The molecule has 0 aliphatic heterocycles. The van der Waals surface area contributed by atoms with Crippen molar-refractivity contribution < 1.29 is 4.43 Å². The Morgan fingerprint density at radius 1 is 1.38 bits per heavy atom. The quantitative estimate of drug-likeness (QED) is 0.698. The summed E-state index contributed by atoms with van der Waals surface area (Å²) in [5.74, 6) is 0. The second-order valence-corrected chi connectivity index (χ2v) is 4.84. The maximum Gasteiger partial charge on any atom is 0.204 e. The number of rotatable bonds is 3. The van der Waals surface area contributed by atoms with Crippen LogP contribution in [-0.2, 0) is 11.0 Å². The third-order valence-corrected chi connectivity index (χ3v) is 2.22. The third-order valence-electron chi connectivity index (χ3n) is 1.36. The van der Waals surface area contributed by atoms with Gasteiger partial charge in [0.1, 0.15) is 0 Å². The number of hydrogen-bond acceptors (Lipinski definition) is 2. The molecule has 0 saturated heterocycles. The Kier molecular flexibility index (Phi) is 7.63. The Hall–Kier alpha value is -0.613. The molecule has 0 fully saturated rings. The molecule has 3 nitrogen and oxygen atoms in total. The van der Waals surface area contributed by atoms with E-state index in [0.29, 0.717) is 0 Å². The first-order valence-corrected chi connectivity index (χ1v) is 7.00. The van der Waals surface area contributed by atoms with Crippen LogP contribution in [0.1, 0.15) is 13.8 Å². The minimum absolute atomic E-state index is 0.386. The van der Waals surface area contributed by atoms with Crippen LogP contribution < -0.4 is 0 Å². The molecule has 4 heteroatoms. The van der Waals surface area contributed by atoms with Crippen LogP contribution in [0, 0.1) is 0 Å². The minimum Gasteiger partial charge on any atom is -0.417 e. The number of aryl methyl sites for hydroxylation is 1. The largest absolute Gasteiger partial charge is 0.417 e. The molecule has 1 aromatic rings. The minimum atomic E-state index is -0.386. The van der Waals surface area contributed by atoms with E-state index in [-0.39, 0.29) is 9.04 Å². The summed E-state index contributed by atoms with van der Waals surface area (Å²) in [6, 6.07) is 0. The van der Waals surface area contributed by atoms with Crippen LogP contribution in [0.2, 0.25) is 13.1 Å². The number of imidazole rings is 1. The normalized spacial score (nSPS) is 9.62. The molecule has 0 N–H and O–H groups in total. The SMILES string of the molecule is CCO[Si](C)C.CCn1ccnc1. The third kappa shape index (κ3) is 7.74. The zero-order chi connectivity index (χ0) is 10.1. The molecule has 0 atom stereocenters. The topological polar surface area (TPSA) is 27.1 Å². The van der Waals surface area contributed by atoms with Gasteiger partial charge in [0.15, 0.2) is 0 Å². The van der Waals surface area contributed by atoms with E-state index in [2.05, 4.69) is 25.0 Å². The Labute approximate surface area is 82.5 Å². The molecular weight excluding hydrogens is 180 g/mol. The zero-order valence-electron chi connectivity index (χ0n) is 8.95. The van der Waals surface area contributed by atoms with E-state index in [0.717, 1.165) is 13.2 Å². The lowest BCUT2D eigenvalue weighted by atomic mass is 10.7. The molecule has 0 aromatic carbocycles. The Bertz CT molecular complexity index is 188. The van der Waals surface area contributed by atoms with Gasteiger partial charge in [-0.15, -0.1) is 0 Å². The van der Waals surface area contributed by atoms with E-state index < -0.39 is 0 Å². The van der Waals surface area contributed by atoms with Crippen molar-refractivity contribution in [2.24, 2.45) is 0 Å². The van der Waals surface area contributed by atoms with Crippen molar-refractivity contribution >= 4 is 9.04 Å². The first-order chi connectivity index (χ1) is 6.20. The summed E-state index contributed by atoms with van der Waals surface area (Å²) >= 11 is 0. The molecule has 1 radical (unpaired) electrons. The van der Waals surface area contributed by atoms with Crippen LogP contribution in [0.5, 0.6) is 0 Å². The van der Waals surface area contributed by atoms with Gasteiger partial charge in [0, 0.05) is 25.5 Å². The fourth-order valence-electron chi connectivity index (χ4n) is 0.762. The summed E-state index contributed by atoms with van der Waals surface area (Å²) in [5, 5.41) is 0. The van der Waals surface area contributed by atoms with E-state index >= 15 is 0 Å². The smallest absolute Gasteiger partial charge is 0.204 e. The molecule has 1 heterocycles. The van der Waals surface area contributed by atoms with E-state index in [1.807, 2.05) is 17.7 Å². The summed E-state index contributed by atoms with van der Waals surface area (Å²) in [4.78, 5) is 3.86. The van der Waals surface area contributed by atoms with Crippen LogP contribution in [0.4, 0.5) is 0 Å². The highest BCUT2D eigenvalue weighted by molar-refractivity contribution is 6.48. The molecule has 0 aliphatic carbocycles. The monoisotopic (exact) mass is 199 g/mol. The first kappa shape index (κ1) is 12.4. The second-order valence-electron chi connectivity index (χ2n) is 2.73. The van der Waals surface area contributed by atoms with Gasteiger partial charge in [0.05, 0.1) is 6.33 Å². The van der Waals surface area contributed by atoms with Gasteiger partial charge in [-0.2, -0.15) is 0 Å². The maximum absolute atomic E-state index is 5.14. The molecule has 75 valence electrons. The van der Waals surface area contributed by atoms with Gasteiger partial charge in [-0.05, 0) is 26.9 Å². The fourth-order valence-corrected chi connectivity index (χ4v) is 1.34. The van der Waals surface area contributed by atoms with E-state index in [9.17, 15) is 0 Å². The molecule has 1 aromatic heterocycles. The summed E-state index contributed by atoms with van der Waals surface area (Å²) in [7, 11) is -0.386. The van der Waals surface area contributed by atoms with E-state index in [1.54, 1.807) is 12.5 Å². The van der Waals surface area contributed by atoms with Crippen LogP contribution in [0.25, 0.3) is 0 Å². The number of hydrogen-bond donors (Lipinski definition) is 0. The molecule has 0 unspecified atom stereocenters. The van der Waals surface area contributed by atoms with E-state index in [1.165, 1.54) is 0 Å². The summed E-state index contributed by atoms with van der Waals surface area (Å²) in [5.41, 5.74) is 0. The first-order valence-electron chi connectivity index (χ1n) is 4.59. The van der Waals surface area contributed by atoms with Gasteiger partial charge in [-0.3, -0.25) is 0 Å². The Balaban J connectivity index is 0.000000226. The van der Waals surface area contributed by atoms with Gasteiger partial charge < -0.3 is 8.99 Å². The molecule has 0 aliphatic rings. The van der Waals surface area contributed by atoms with Crippen LogP contribution in [-0.4, -0.2) is 25.2 Å². The zero-order valence-corrected chi connectivity index (χ0v) is 9.95. The van der Waals surface area contributed by atoms with Crippen molar-refractivity contribution in [2.75, 3.05) is 6.61 Å². The van der Waals surface area contributed by atoms with Crippen LogP contribution in [0.15, 0.2) is 18.7 Å². The number of nitrogens with zero attached hydrogens (tertiary/aromatic N) is 2. The van der Waals surface area contributed by atoms with Crippen LogP contribution in [0.3, 0.4) is 0 Å². The summed E-state index contributed by atoms with van der Waals surface area (Å²) in [6.45, 7) is 10.3. The summed E-state index contributed by atoms with van der Waals surface area (Å²) < 4.78 is 7.16. The van der Waals surface area contributed by atoms with Gasteiger partial charge in [-0.25, -0.2) is 4.98 Å². The average molecular weight is 199 g/mol. The van der Waals surface area contributed by atoms with Gasteiger partial charge in [0.25, 0.3) is 0 Å². The van der Waals surface area contributed by atoms with Crippen molar-refractivity contribution in [3.63, 3.8) is 0 Å². The van der Waals surface area contributed by atoms with Gasteiger partial charge >= 0.3 is 0 Å². The molecular formula is C9H19N2OSi.